The van der Waals surface area contributed by atoms with E-state index in [-0.39, 0.29) is 0 Å². The van der Waals surface area contributed by atoms with Crippen LogP contribution in [0.15, 0.2) is 6.33 Å². The molecule has 2 heterocycles. The van der Waals surface area contributed by atoms with E-state index in [1.54, 1.807) is 6.33 Å². The van der Waals surface area contributed by atoms with Gasteiger partial charge in [0.1, 0.15) is 12.1 Å². The van der Waals surface area contributed by atoms with Crippen LogP contribution in [0, 0.1) is 0 Å². The highest BCUT2D eigenvalue weighted by molar-refractivity contribution is 5.46. The van der Waals surface area contributed by atoms with Crippen LogP contribution in [0.5, 0.6) is 0 Å². The number of hydrogen-bond acceptors (Lipinski definition) is 6. The zero-order valence-electron chi connectivity index (χ0n) is 10.1. The third-order valence-corrected chi connectivity index (χ3v) is 3.18. The van der Waals surface area contributed by atoms with E-state index >= 15 is 0 Å². The Labute approximate surface area is 104 Å². The standard InChI is InChI=1S/C11H15N7/c1-2-4-8-9(5-3-1)13-7-14-11(8)12-6-10-15-17-18-16-10/h7H,1-6H2,(H,12,13,14)(H,15,16,17,18). The molecule has 94 valence electrons. The van der Waals surface area contributed by atoms with E-state index in [4.69, 9.17) is 0 Å². The molecule has 2 aromatic heterocycles. The molecule has 0 saturated carbocycles. The van der Waals surface area contributed by atoms with Gasteiger partial charge < -0.3 is 5.32 Å². The Morgan fingerprint density at radius 2 is 2.11 bits per heavy atom. The summed E-state index contributed by atoms with van der Waals surface area (Å²) < 4.78 is 0. The summed E-state index contributed by atoms with van der Waals surface area (Å²) in [5, 5.41) is 17.0. The maximum atomic E-state index is 4.38. The molecule has 0 atom stereocenters. The number of anilines is 1. The summed E-state index contributed by atoms with van der Waals surface area (Å²) in [4.78, 5) is 8.71. The predicted molar refractivity (Wildman–Crippen MR) is 64.8 cm³/mol. The van der Waals surface area contributed by atoms with E-state index < -0.39 is 0 Å². The zero-order valence-corrected chi connectivity index (χ0v) is 10.1. The first-order valence-corrected chi connectivity index (χ1v) is 6.22. The van der Waals surface area contributed by atoms with Crippen LogP contribution in [0.4, 0.5) is 5.82 Å². The Kier molecular flexibility index (Phi) is 3.12. The molecule has 1 aliphatic carbocycles. The fourth-order valence-electron chi connectivity index (χ4n) is 2.27. The first kappa shape index (κ1) is 11.1. The predicted octanol–water partition coefficient (Wildman–Crippen LogP) is 0.871. The quantitative estimate of drug-likeness (QED) is 0.779. The number of H-pyrrole nitrogens is 1. The van der Waals surface area contributed by atoms with Crippen LogP contribution in [0.2, 0.25) is 0 Å². The maximum absolute atomic E-state index is 4.38. The monoisotopic (exact) mass is 245 g/mol. The fraction of sp³-hybridized carbons (Fsp3) is 0.545. The van der Waals surface area contributed by atoms with Crippen molar-refractivity contribution in [3.05, 3.63) is 23.4 Å². The van der Waals surface area contributed by atoms with Gasteiger partial charge in [-0.25, -0.2) is 9.97 Å². The largest absolute Gasteiger partial charge is 0.362 e. The van der Waals surface area contributed by atoms with Crippen molar-refractivity contribution in [2.45, 2.75) is 38.6 Å². The van der Waals surface area contributed by atoms with Crippen molar-refractivity contribution < 1.29 is 0 Å². The number of aromatic nitrogens is 6. The Bertz CT molecular complexity index is 508. The second kappa shape index (κ2) is 5.07. The van der Waals surface area contributed by atoms with E-state index in [1.807, 2.05) is 0 Å². The molecule has 0 amide bonds. The van der Waals surface area contributed by atoms with Gasteiger partial charge in [-0.1, -0.05) is 11.6 Å². The summed E-state index contributed by atoms with van der Waals surface area (Å²) in [6, 6.07) is 0. The third kappa shape index (κ3) is 2.29. The third-order valence-electron chi connectivity index (χ3n) is 3.18. The molecule has 0 spiro atoms. The van der Waals surface area contributed by atoms with Gasteiger partial charge in [-0.3, -0.25) is 0 Å². The molecular weight excluding hydrogens is 230 g/mol. The van der Waals surface area contributed by atoms with Gasteiger partial charge in [0.15, 0.2) is 5.82 Å². The van der Waals surface area contributed by atoms with Crippen molar-refractivity contribution in [1.29, 1.82) is 0 Å². The topological polar surface area (TPSA) is 92.3 Å². The van der Waals surface area contributed by atoms with Gasteiger partial charge in [0.05, 0.1) is 6.54 Å². The number of nitrogens with zero attached hydrogens (tertiary/aromatic N) is 5. The number of aromatic amines is 1. The van der Waals surface area contributed by atoms with Crippen molar-refractivity contribution in [2.24, 2.45) is 0 Å². The lowest BCUT2D eigenvalue weighted by Gasteiger charge is -2.10. The maximum Gasteiger partial charge on any atom is 0.193 e. The number of nitrogens with one attached hydrogen (secondary N) is 2. The molecule has 0 radical (unpaired) electrons. The van der Waals surface area contributed by atoms with Gasteiger partial charge >= 0.3 is 0 Å². The molecule has 7 heteroatoms. The first-order chi connectivity index (χ1) is 8.93. The highest BCUT2D eigenvalue weighted by Crippen LogP contribution is 2.23. The highest BCUT2D eigenvalue weighted by Gasteiger charge is 2.14. The van der Waals surface area contributed by atoms with Crippen molar-refractivity contribution in [2.75, 3.05) is 5.32 Å². The van der Waals surface area contributed by atoms with Crippen LogP contribution in [0.25, 0.3) is 0 Å². The molecule has 7 nitrogen and oxygen atoms in total. The highest BCUT2D eigenvalue weighted by atomic mass is 15.5. The molecule has 0 unspecified atom stereocenters. The minimum absolute atomic E-state index is 0.528. The minimum atomic E-state index is 0.528. The van der Waals surface area contributed by atoms with Gasteiger partial charge in [0.25, 0.3) is 0 Å². The van der Waals surface area contributed by atoms with Gasteiger partial charge in [-0.05, 0) is 25.7 Å². The van der Waals surface area contributed by atoms with Gasteiger partial charge in [0, 0.05) is 11.3 Å². The Morgan fingerprint density at radius 1 is 1.17 bits per heavy atom. The number of rotatable bonds is 3. The van der Waals surface area contributed by atoms with Crippen molar-refractivity contribution in [1.82, 2.24) is 30.6 Å². The number of hydrogen-bond donors (Lipinski definition) is 2. The molecule has 0 saturated heterocycles. The van der Waals surface area contributed by atoms with Gasteiger partial charge in [0.2, 0.25) is 0 Å². The lowest BCUT2D eigenvalue weighted by atomic mass is 10.1. The minimum Gasteiger partial charge on any atom is -0.362 e. The molecule has 0 fully saturated rings. The molecule has 1 aliphatic rings. The van der Waals surface area contributed by atoms with Crippen LogP contribution in [-0.4, -0.2) is 30.6 Å². The smallest absolute Gasteiger partial charge is 0.193 e. The first-order valence-electron chi connectivity index (χ1n) is 6.22. The van der Waals surface area contributed by atoms with E-state index in [0.29, 0.717) is 12.4 Å². The average molecular weight is 245 g/mol. The summed E-state index contributed by atoms with van der Waals surface area (Å²) in [6.45, 7) is 0.528. The SMILES string of the molecule is c1nc2c(c(NCc3nn[nH]n3)n1)CCCCC2. The normalized spacial score (nSPS) is 14.9. The van der Waals surface area contributed by atoms with E-state index in [2.05, 4.69) is 35.9 Å². The van der Waals surface area contributed by atoms with Gasteiger partial charge in [-0.15, -0.1) is 10.2 Å². The number of tetrazole rings is 1. The van der Waals surface area contributed by atoms with E-state index in [1.165, 1.54) is 30.5 Å². The summed E-state index contributed by atoms with van der Waals surface area (Å²) >= 11 is 0. The summed E-state index contributed by atoms with van der Waals surface area (Å²) in [6.07, 6.45) is 7.41. The molecule has 18 heavy (non-hydrogen) atoms. The average Bonchev–Trinajstić information content (AvgIpc) is 2.79. The van der Waals surface area contributed by atoms with Crippen molar-refractivity contribution in [3.8, 4) is 0 Å². The Balaban J connectivity index is 1.79. The van der Waals surface area contributed by atoms with Crippen molar-refractivity contribution in [3.63, 3.8) is 0 Å². The molecule has 0 bridgehead atoms. The fourth-order valence-corrected chi connectivity index (χ4v) is 2.27. The van der Waals surface area contributed by atoms with Crippen molar-refractivity contribution >= 4 is 5.82 Å². The van der Waals surface area contributed by atoms with Crippen LogP contribution in [0.3, 0.4) is 0 Å². The molecular formula is C11H15N7. The van der Waals surface area contributed by atoms with Crippen LogP contribution in [0.1, 0.15) is 36.3 Å². The molecule has 3 rings (SSSR count). The number of fused-ring (bicyclic) bond motifs is 1. The lowest BCUT2D eigenvalue weighted by molar-refractivity contribution is 0.708. The molecule has 0 aliphatic heterocycles. The second-order valence-corrected chi connectivity index (χ2v) is 4.39. The van der Waals surface area contributed by atoms with Gasteiger partial charge in [-0.2, -0.15) is 5.21 Å². The summed E-state index contributed by atoms with van der Waals surface area (Å²) in [7, 11) is 0. The molecule has 0 aromatic carbocycles. The molecule has 2 aromatic rings. The lowest BCUT2D eigenvalue weighted by Crippen LogP contribution is -2.08. The van der Waals surface area contributed by atoms with Crippen LogP contribution < -0.4 is 5.32 Å². The summed E-state index contributed by atoms with van der Waals surface area (Å²) in [5.74, 6) is 1.54. The molecule has 2 N–H and O–H groups in total. The summed E-state index contributed by atoms with van der Waals surface area (Å²) in [5.41, 5.74) is 2.43. The van der Waals surface area contributed by atoms with E-state index in [9.17, 15) is 0 Å². The number of aryl methyl sites for hydroxylation is 1. The second-order valence-electron chi connectivity index (χ2n) is 4.39. The Morgan fingerprint density at radius 3 is 3.00 bits per heavy atom. The Hall–Kier alpha value is -2.05. The zero-order chi connectivity index (χ0) is 12.2. The van der Waals surface area contributed by atoms with Crippen LogP contribution in [-0.2, 0) is 19.4 Å². The van der Waals surface area contributed by atoms with Crippen LogP contribution >= 0.6 is 0 Å². The van der Waals surface area contributed by atoms with E-state index in [0.717, 1.165) is 18.7 Å².